The highest BCUT2D eigenvalue weighted by atomic mass is 16.5. The van der Waals surface area contributed by atoms with E-state index >= 15 is 0 Å². The normalized spacial score (nSPS) is 10.9. The Labute approximate surface area is 79.1 Å². The van der Waals surface area contributed by atoms with Gasteiger partial charge in [0, 0.05) is 5.56 Å². The lowest BCUT2D eigenvalue weighted by Gasteiger charge is -2.13. The van der Waals surface area contributed by atoms with Gasteiger partial charge in [0.15, 0.2) is 0 Å². The smallest absolute Gasteiger partial charge is 0.237 e. The lowest BCUT2D eigenvalue weighted by Crippen LogP contribution is -2.10. The minimum absolute atomic E-state index is 0.147. The van der Waals surface area contributed by atoms with Gasteiger partial charge >= 0.3 is 0 Å². The van der Waals surface area contributed by atoms with Crippen LogP contribution < -0.4 is 4.74 Å². The number of rotatable bonds is 3. The minimum Gasteiger partial charge on any atom is -0.474 e. The summed E-state index contributed by atoms with van der Waals surface area (Å²) in [5, 5.41) is 7.77. The Kier molecular flexibility index (Phi) is 3.23. The molecule has 0 saturated carbocycles. The summed E-state index contributed by atoms with van der Waals surface area (Å²) in [6.07, 6.45) is 1.84. The molecule has 72 valence electrons. The topological polar surface area (TPSA) is 35.0 Å². The maximum absolute atomic E-state index is 5.53. The SMILES string of the molecule is CC(C)Oc1nnccc1C(C)C. The van der Waals surface area contributed by atoms with Crippen LogP contribution >= 0.6 is 0 Å². The molecule has 0 atom stereocenters. The van der Waals surface area contributed by atoms with Gasteiger partial charge < -0.3 is 4.74 Å². The molecule has 0 aromatic carbocycles. The number of nitrogens with zero attached hydrogens (tertiary/aromatic N) is 2. The second kappa shape index (κ2) is 4.21. The molecule has 1 aromatic rings. The Morgan fingerprint density at radius 1 is 1.23 bits per heavy atom. The number of hydrogen-bond donors (Lipinski definition) is 0. The van der Waals surface area contributed by atoms with Crippen molar-refractivity contribution in [3.05, 3.63) is 17.8 Å². The van der Waals surface area contributed by atoms with E-state index in [2.05, 4.69) is 24.0 Å². The van der Waals surface area contributed by atoms with Gasteiger partial charge in [-0.15, -0.1) is 5.10 Å². The van der Waals surface area contributed by atoms with E-state index in [0.717, 1.165) is 5.56 Å². The molecule has 0 unspecified atom stereocenters. The maximum Gasteiger partial charge on any atom is 0.237 e. The van der Waals surface area contributed by atoms with Gasteiger partial charge in [-0.25, -0.2) is 0 Å². The summed E-state index contributed by atoms with van der Waals surface area (Å²) in [4.78, 5) is 0. The zero-order valence-electron chi connectivity index (χ0n) is 8.61. The van der Waals surface area contributed by atoms with Crippen LogP contribution in [-0.2, 0) is 0 Å². The van der Waals surface area contributed by atoms with E-state index < -0.39 is 0 Å². The summed E-state index contributed by atoms with van der Waals surface area (Å²) in [6, 6.07) is 1.95. The van der Waals surface area contributed by atoms with Crippen molar-refractivity contribution in [2.75, 3.05) is 0 Å². The van der Waals surface area contributed by atoms with E-state index in [0.29, 0.717) is 11.8 Å². The third-order valence-corrected chi connectivity index (χ3v) is 1.69. The van der Waals surface area contributed by atoms with Gasteiger partial charge in [0.05, 0.1) is 12.3 Å². The third kappa shape index (κ3) is 2.68. The molecular weight excluding hydrogens is 164 g/mol. The molecule has 0 spiro atoms. The molecule has 0 fully saturated rings. The van der Waals surface area contributed by atoms with E-state index in [1.54, 1.807) is 6.20 Å². The second-order valence-corrected chi connectivity index (χ2v) is 3.61. The molecule has 3 nitrogen and oxygen atoms in total. The highest BCUT2D eigenvalue weighted by molar-refractivity contribution is 5.26. The predicted octanol–water partition coefficient (Wildman–Crippen LogP) is 2.39. The summed E-state index contributed by atoms with van der Waals surface area (Å²) in [5.41, 5.74) is 1.11. The lowest BCUT2D eigenvalue weighted by molar-refractivity contribution is 0.226. The maximum atomic E-state index is 5.53. The van der Waals surface area contributed by atoms with Crippen LogP contribution in [0.3, 0.4) is 0 Å². The van der Waals surface area contributed by atoms with Gasteiger partial charge in [-0.1, -0.05) is 13.8 Å². The number of hydrogen-bond acceptors (Lipinski definition) is 3. The molecule has 1 heterocycles. The van der Waals surface area contributed by atoms with Crippen molar-refractivity contribution in [1.82, 2.24) is 10.2 Å². The van der Waals surface area contributed by atoms with Crippen LogP contribution in [-0.4, -0.2) is 16.3 Å². The minimum atomic E-state index is 0.147. The quantitative estimate of drug-likeness (QED) is 0.716. The summed E-state index contributed by atoms with van der Waals surface area (Å²) in [6.45, 7) is 8.20. The first-order valence-electron chi connectivity index (χ1n) is 4.59. The Morgan fingerprint density at radius 3 is 2.46 bits per heavy atom. The molecule has 0 bridgehead atoms. The average Bonchev–Trinajstić information content (AvgIpc) is 2.03. The summed E-state index contributed by atoms with van der Waals surface area (Å²) in [7, 11) is 0. The molecule has 0 amide bonds. The summed E-state index contributed by atoms with van der Waals surface area (Å²) >= 11 is 0. The molecule has 0 aliphatic rings. The van der Waals surface area contributed by atoms with Crippen LogP contribution in [0.15, 0.2) is 12.3 Å². The average molecular weight is 180 g/mol. The molecule has 1 rings (SSSR count). The van der Waals surface area contributed by atoms with Gasteiger partial charge in [-0.3, -0.25) is 0 Å². The van der Waals surface area contributed by atoms with E-state index in [1.807, 2.05) is 19.9 Å². The van der Waals surface area contributed by atoms with Crippen LogP contribution in [0.4, 0.5) is 0 Å². The van der Waals surface area contributed by atoms with Crippen LogP contribution in [0.5, 0.6) is 5.88 Å². The first-order chi connectivity index (χ1) is 6.11. The van der Waals surface area contributed by atoms with Gasteiger partial charge in [-0.2, -0.15) is 5.10 Å². The number of aromatic nitrogens is 2. The van der Waals surface area contributed by atoms with Crippen LogP contribution in [0, 0.1) is 0 Å². The fraction of sp³-hybridized carbons (Fsp3) is 0.600. The summed E-state index contributed by atoms with van der Waals surface area (Å²) in [5.74, 6) is 1.08. The molecule has 0 N–H and O–H groups in total. The van der Waals surface area contributed by atoms with Gasteiger partial charge in [0.25, 0.3) is 0 Å². The van der Waals surface area contributed by atoms with E-state index in [4.69, 9.17) is 4.74 Å². The first kappa shape index (κ1) is 9.96. The molecule has 13 heavy (non-hydrogen) atoms. The Balaban J connectivity index is 2.91. The molecule has 0 saturated heterocycles. The van der Waals surface area contributed by atoms with Crippen molar-refractivity contribution in [2.45, 2.75) is 39.7 Å². The fourth-order valence-corrected chi connectivity index (χ4v) is 1.08. The van der Waals surface area contributed by atoms with Crippen molar-refractivity contribution in [3.8, 4) is 5.88 Å². The van der Waals surface area contributed by atoms with Crippen molar-refractivity contribution in [1.29, 1.82) is 0 Å². The molecule has 3 heteroatoms. The van der Waals surface area contributed by atoms with Crippen LogP contribution in [0.2, 0.25) is 0 Å². The Hall–Kier alpha value is -1.12. The van der Waals surface area contributed by atoms with Crippen molar-refractivity contribution in [2.24, 2.45) is 0 Å². The first-order valence-corrected chi connectivity index (χ1v) is 4.59. The van der Waals surface area contributed by atoms with Crippen LogP contribution in [0.1, 0.15) is 39.2 Å². The van der Waals surface area contributed by atoms with Crippen molar-refractivity contribution >= 4 is 0 Å². The Morgan fingerprint density at radius 2 is 1.92 bits per heavy atom. The van der Waals surface area contributed by atoms with Gasteiger partial charge in [0.2, 0.25) is 5.88 Å². The zero-order chi connectivity index (χ0) is 9.84. The molecule has 0 radical (unpaired) electrons. The molecular formula is C10H16N2O. The monoisotopic (exact) mass is 180 g/mol. The van der Waals surface area contributed by atoms with Gasteiger partial charge in [0.1, 0.15) is 0 Å². The second-order valence-electron chi connectivity index (χ2n) is 3.61. The van der Waals surface area contributed by atoms with Crippen molar-refractivity contribution in [3.63, 3.8) is 0 Å². The van der Waals surface area contributed by atoms with E-state index in [9.17, 15) is 0 Å². The predicted molar refractivity (Wildman–Crippen MR) is 51.9 cm³/mol. The fourth-order valence-electron chi connectivity index (χ4n) is 1.08. The molecule has 1 aromatic heterocycles. The standard InChI is InChI=1S/C10H16N2O/c1-7(2)9-5-6-11-12-10(9)13-8(3)4/h5-8H,1-4H3. The lowest BCUT2D eigenvalue weighted by atomic mass is 10.1. The zero-order valence-corrected chi connectivity index (χ0v) is 8.61. The van der Waals surface area contributed by atoms with E-state index in [-0.39, 0.29) is 6.10 Å². The highest BCUT2D eigenvalue weighted by Crippen LogP contribution is 2.23. The molecule has 0 aliphatic heterocycles. The van der Waals surface area contributed by atoms with Gasteiger partial charge in [-0.05, 0) is 25.8 Å². The van der Waals surface area contributed by atoms with Crippen molar-refractivity contribution < 1.29 is 4.74 Å². The Bertz CT molecular complexity index is 271. The summed E-state index contributed by atoms with van der Waals surface area (Å²) < 4.78 is 5.53. The molecule has 0 aliphatic carbocycles. The largest absolute Gasteiger partial charge is 0.474 e. The third-order valence-electron chi connectivity index (χ3n) is 1.69. The van der Waals surface area contributed by atoms with Crippen LogP contribution in [0.25, 0.3) is 0 Å². The highest BCUT2D eigenvalue weighted by Gasteiger charge is 2.09. The van der Waals surface area contributed by atoms with E-state index in [1.165, 1.54) is 0 Å². The number of ether oxygens (including phenoxy) is 1.